The van der Waals surface area contributed by atoms with E-state index in [1.165, 1.54) is 5.56 Å². The zero-order valence-electron chi connectivity index (χ0n) is 11.0. The van der Waals surface area contributed by atoms with Gasteiger partial charge < -0.3 is 10.0 Å². The van der Waals surface area contributed by atoms with E-state index in [0.717, 1.165) is 24.1 Å². The maximum Gasteiger partial charge on any atom is 0.0628 e. The van der Waals surface area contributed by atoms with Gasteiger partial charge in [-0.2, -0.15) is 0 Å². The van der Waals surface area contributed by atoms with Crippen LogP contribution in [-0.2, 0) is 0 Å². The van der Waals surface area contributed by atoms with E-state index < -0.39 is 0 Å². The Hall–Kier alpha value is -0.420. The van der Waals surface area contributed by atoms with E-state index >= 15 is 0 Å². The van der Waals surface area contributed by atoms with Crippen LogP contribution in [0.25, 0.3) is 0 Å². The van der Waals surface area contributed by atoms with Gasteiger partial charge in [-0.15, -0.1) is 0 Å². The molecule has 1 aromatic carbocycles. The Morgan fingerprint density at radius 2 is 2.22 bits per heavy atom. The molecule has 4 heteroatoms. The number of aliphatic hydroxyl groups is 1. The summed E-state index contributed by atoms with van der Waals surface area (Å²) in [5, 5.41) is 9.70. The van der Waals surface area contributed by atoms with Gasteiger partial charge in [0.1, 0.15) is 0 Å². The minimum absolute atomic E-state index is 0.110. The number of nitrogens with zero attached hydrogens (tertiary/aromatic N) is 2. The molecule has 0 saturated carbocycles. The molecule has 3 nitrogen and oxygen atoms in total. The van der Waals surface area contributed by atoms with Crippen LogP contribution >= 0.6 is 15.9 Å². The Bertz CT molecular complexity index is 399. The molecule has 2 unspecified atom stereocenters. The summed E-state index contributed by atoms with van der Waals surface area (Å²) in [5.41, 5.74) is 1.18. The molecule has 18 heavy (non-hydrogen) atoms. The number of halogens is 1. The van der Waals surface area contributed by atoms with Crippen molar-refractivity contribution in [1.29, 1.82) is 0 Å². The first-order valence-corrected chi connectivity index (χ1v) is 7.21. The predicted octanol–water partition coefficient (Wildman–Crippen LogP) is 2.12. The van der Waals surface area contributed by atoms with Crippen molar-refractivity contribution in [3.05, 3.63) is 34.3 Å². The maximum atomic E-state index is 9.70. The average Bonchev–Trinajstić information content (AvgIpc) is 2.35. The number of rotatable bonds is 3. The summed E-state index contributed by atoms with van der Waals surface area (Å²) in [6.45, 7) is 5.49. The van der Waals surface area contributed by atoms with E-state index in [0.29, 0.717) is 6.04 Å². The fourth-order valence-electron chi connectivity index (χ4n) is 2.51. The van der Waals surface area contributed by atoms with Crippen molar-refractivity contribution in [2.45, 2.75) is 19.0 Å². The summed E-state index contributed by atoms with van der Waals surface area (Å²) in [6, 6.07) is 8.89. The van der Waals surface area contributed by atoms with Crippen LogP contribution in [0.3, 0.4) is 0 Å². The number of likely N-dealkylation sites (N-methyl/N-ethyl adjacent to an activating group) is 1. The van der Waals surface area contributed by atoms with Crippen molar-refractivity contribution in [3.63, 3.8) is 0 Å². The molecule has 2 rings (SSSR count). The van der Waals surface area contributed by atoms with E-state index in [9.17, 15) is 5.11 Å². The monoisotopic (exact) mass is 312 g/mol. The van der Waals surface area contributed by atoms with E-state index in [-0.39, 0.29) is 12.6 Å². The highest BCUT2D eigenvalue weighted by molar-refractivity contribution is 9.10. The third kappa shape index (κ3) is 3.12. The molecule has 0 amide bonds. The maximum absolute atomic E-state index is 9.70. The lowest BCUT2D eigenvalue weighted by molar-refractivity contribution is 0.0464. The lowest BCUT2D eigenvalue weighted by atomic mass is 10.0. The van der Waals surface area contributed by atoms with Crippen molar-refractivity contribution in [1.82, 2.24) is 9.80 Å². The molecule has 0 bridgehead atoms. The average molecular weight is 313 g/mol. The second-order valence-electron chi connectivity index (χ2n) is 5.08. The second kappa shape index (κ2) is 6.15. The molecule has 1 aromatic rings. The normalized spacial score (nSPS) is 24.1. The minimum atomic E-state index is 0.110. The van der Waals surface area contributed by atoms with E-state index in [4.69, 9.17) is 0 Å². The largest absolute Gasteiger partial charge is 0.394 e. The smallest absolute Gasteiger partial charge is 0.0628 e. The molecule has 0 aliphatic carbocycles. The summed E-state index contributed by atoms with van der Waals surface area (Å²) in [7, 11) is 2.16. The standard InChI is InChI=1S/C14H21BrN2O/c1-11-9-17(7-6-16(11)2)14(10-18)12-4-3-5-13(15)8-12/h3-5,8,11,14,18H,6-7,9-10H2,1-2H3. The SMILES string of the molecule is CC1CN(C(CO)c2cccc(Br)c2)CCN1C. The number of hydrogen-bond donors (Lipinski definition) is 1. The highest BCUT2D eigenvalue weighted by Crippen LogP contribution is 2.25. The first kappa shape index (κ1) is 14.0. The molecule has 0 radical (unpaired) electrons. The Balaban J connectivity index is 2.14. The molecule has 1 saturated heterocycles. The number of aliphatic hydroxyl groups excluding tert-OH is 1. The van der Waals surface area contributed by atoms with Gasteiger partial charge in [0.05, 0.1) is 12.6 Å². The lowest BCUT2D eigenvalue weighted by Gasteiger charge is -2.41. The summed E-state index contributed by atoms with van der Waals surface area (Å²) in [6.07, 6.45) is 0. The van der Waals surface area contributed by atoms with Crippen LogP contribution in [0.2, 0.25) is 0 Å². The number of benzene rings is 1. The van der Waals surface area contributed by atoms with Crippen molar-refractivity contribution in [3.8, 4) is 0 Å². The summed E-state index contributed by atoms with van der Waals surface area (Å²) in [5.74, 6) is 0. The fraction of sp³-hybridized carbons (Fsp3) is 0.571. The van der Waals surface area contributed by atoms with Gasteiger partial charge in [0.15, 0.2) is 0 Å². The van der Waals surface area contributed by atoms with Crippen LogP contribution in [0.15, 0.2) is 28.7 Å². The van der Waals surface area contributed by atoms with Gasteiger partial charge in [-0.1, -0.05) is 28.1 Å². The zero-order chi connectivity index (χ0) is 13.1. The van der Waals surface area contributed by atoms with Crippen LogP contribution in [-0.4, -0.2) is 54.2 Å². The van der Waals surface area contributed by atoms with E-state index in [1.54, 1.807) is 0 Å². The Morgan fingerprint density at radius 1 is 1.44 bits per heavy atom. The molecular formula is C14H21BrN2O. The van der Waals surface area contributed by atoms with Crippen LogP contribution in [0.5, 0.6) is 0 Å². The van der Waals surface area contributed by atoms with Gasteiger partial charge in [0.25, 0.3) is 0 Å². The third-order valence-electron chi connectivity index (χ3n) is 3.84. The summed E-state index contributed by atoms with van der Waals surface area (Å²) >= 11 is 3.50. The number of piperazine rings is 1. The third-order valence-corrected chi connectivity index (χ3v) is 4.33. The second-order valence-corrected chi connectivity index (χ2v) is 5.99. The van der Waals surface area contributed by atoms with Gasteiger partial charge in [0, 0.05) is 30.1 Å². The molecule has 100 valence electrons. The highest BCUT2D eigenvalue weighted by atomic mass is 79.9. The molecule has 1 heterocycles. The van der Waals surface area contributed by atoms with Gasteiger partial charge in [0.2, 0.25) is 0 Å². The molecule has 1 fully saturated rings. The van der Waals surface area contributed by atoms with Gasteiger partial charge in [-0.3, -0.25) is 4.90 Å². The summed E-state index contributed by atoms with van der Waals surface area (Å²) in [4.78, 5) is 4.75. The minimum Gasteiger partial charge on any atom is -0.394 e. The Labute approximate surface area is 118 Å². The topological polar surface area (TPSA) is 26.7 Å². The fourth-order valence-corrected chi connectivity index (χ4v) is 2.92. The first-order valence-electron chi connectivity index (χ1n) is 6.42. The van der Waals surface area contributed by atoms with E-state index in [2.05, 4.69) is 51.8 Å². The molecule has 0 aromatic heterocycles. The molecule has 1 N–H and O–H groups in total. The van der Waals surface area contributed by atoms with E-state index in [1.807, 2.05) is 12.1 Å². The zero-order valence-corrected chi connectivity index (χ0v) is 12.6. The van der Waals surface area contributed by atoms with Gasteiger partial charge >= 0.3 is 0 Å². The van der Waals surface area contributed by atoms with Crippen LogP contribution in [0.4, 0.5) is 0 Å². The van der Waals surface area contributed by atoms with Crippen molar-refractivity contribution < 1.29 is 5.11 Å². The molecule has 0 spiro atoms. The number of hydrogen-bond acceptors (Lipinski definition) is 3. The molecule has 1 aliphatic rings. The van der Waals surface area contributed by atoms with Crippen LogP contribution < -0.4 is 0 Å². The quantitative estimate of drug-likeness (QED) is 0.926. The van der Waals surface area contributed by atoms with Crippen molar-refractivity contribution >= 4 is 15.9 Å². The highest BCUT2D eigenvalue weighted by Gasteiger charge is 2.27. The van der Waals surface area contributed by atoms with Crippen LogP contribution in [0.1, 0.15) is 18.5 Å². The molecular weight excluding hydrogens is 292 g/mol. The van der Waals surface area contributed by atoms with Crippen molar-refractivity contribution in [2.24, 2.45) is 0 Å². The first-order chi connectivity index (χ1) is 8.61. The van der Waals surface area contributed by atoms with Crippen LogP contribution in [0, 0.1) is 0 Å². The lowest BCUT2D eigenvalue weighted by Crippen LogP contribution is -2.51. The molecule has 1 aliphatic heterocycles. The Morgan fingerprint density at radius 3 is 2.83 bits per heavy atom. The van der Waals surface area contributed by atoms with Gasteiger partial charge in [-0.05, 0) is 31.7 Å². The summed E-state index contributed by atoms with van der Waals surface area (Å²) < 4.78 is 1.07. The Kier molecular flexibility index (Phi) is 4.78. The van der Waals surface area contributed by atoms with Crippen molar-refractivity contribution in [2.75, 3.05) is 33.3 Å². The van der Waals surface area contributed by atoms with Gasteiger partial charge in [-0.25, -0.2) is 0 Å². The predicted molar refractivity (Wildman–Crippen MR) is 77.6 cm³/mol. The molecule has 2 atom stereocenters.